The second-order valence-corrected chi connectivity index (χ2v) is 7.49. The minimum absolute atomic E-state index is 0.0393. The van der Waals surface area contributed by atoms with Crippen LogP contribution in [0.1, 0.15) is 10.6 Å². The Morgan fingerprint density at radius 3 is 3.14 bits per heavy atom. The molecule has 0 aliphatic carbocycles. The zero-order chi connectivity index (χ0) is 14.5. The first kappa shape index (κ1) is 14.6. The number of aromatic nitrogens is 2. The molecule has 4 nitrogen and oxygen atoms in total. The van der Waals surface area contributed by atoms with Crippen molar-refractivity contribution in [2.45, 2.75) is 12.2 Å². The van der Waals surface area contributed by atoms with Crippen molar-refractivity contribution in [2.24, 2.45) is 0 Å². The number of thioether (sulfide) groups is 1. The number of carbonyl (C=O) groups excluding carboxylic acids is 1. The Morgan fingerprint density at radius 1 is 1.38 bits per heavy atom. The van der Waals surface area contributed by atoms with Crippen LogP contribution in [0.2, 0.25) is 0 Å². The van der Waals surface area contributed by atoms with E-state index in [1.165, 1.54) is 4.88 Å². The molecule has 3 aromatic heterocycles. The number of nitrogens with one attached hydrogen (secondary N) is 1. The van der Waals surface area contributed by atoms with Crippen LogP contribution in [0, 0.1) is 0 Å². The summed E-state index contributed by atoms with van der Waals surface area (Å²) in [5.41, 5.74) is 0.825. The third-order valence-corrected chi connectivity index (χ3v) is 5.72. The van der Waals surface area contributed by atoms with Crippen molar-refractivity contribution in [1.82, 2.24) is 14.7 Å². The zero-order valence-corrected chi connectivity index (χ0v) is 13.8. The maximum atomic E-state index is 11.8. The van der Waals surface area contributed by atoms with Crippen LogP contribution in [0.3, 0.4) is 0 Å². The van der Waals surface area contributed by atoms with Crippen molar-refractivity contribution in [3.8, 4) is 0 Å². The number of thiophene rings is 1. The Balaban J connectivity index is 1.35. The summed E-state index contributed by atoms with van der Waals surface area (Å²) >= 11 is 5.19. The molecular weight excluding hydrogens is 322 g/mol. The molecule has 0 saturated heterocycles. The highest BCUT2D eigenvalue weighted by Crippen LogP contribution is 2.16. The van der Waals surface area contributed by atoms with Gasteiger partial charge in [-0.1, -0.05) is 6.07 Å². The summed E-state index contributed by atoms with van der Waals surface area (Å²) in [6.45, 7) is 0.705. The average molecular weight is 337 g/mol. The van der Waals surface area contributed by atoms with E-state index in [1.54, 1.807) is 22.7 Å². The van der Waals surface area contributed by atoms with Gasteiger partial charge in [-0.15, -0.1) is 22.7 Å². The molecule has 7 heteroatoms. The summed E-state index contributed by atoms with van der Waals surface area (Å²) in [6, 6.07) is 4.21. The molecule has 3 rings (SSSR count). The van der Waals surface area contributed by atoms with E-state index in [0.29, 0.717) is 13.0 Å². The average Bonchev–Trinajstić information content (AvgIpc) is 3.14. The molecule has 0 fully saturated rings. The Hall–Kier alpha value is -1.31. The highest BCUT2D eigenvalue weighted by atomic mass is 32.2. The predicted molar refractivity (Wildman–Crippen MR) is 90.3 cm³/mol. The molecule has 0 aliphatic heterocycles. The van der Waals surface area contributed by atoms with Crippen LogP contribution in [0.4, 0.5) is 0 Å². The summed E-state index contributed by atoms with van der Waals surface area (Å²) in [7, 11) is 0. The van der Waals surface area contributed by atoms with Crippen molar-refractivity contribution in [3.05, 3.63) is 45.9 Å². The first-order valence-corrected chi connectivity index (χ1v) is 9.50. The fraction of sp³-hybridized carbons (Fsp3) is 0.286. The van der Waals surface area contributed by atoms with Crippen molar-refractivity contribution in [2.75, 3.05) is 12.3 Å². The molecule has 3 aromatic rings. The van der Waals surface area contributed by atoms with Gasteiger partial charge in [-0.2, -0.15) is 11.8 Å². The lowest BCUT2D eigenvalue weighted by molar-refractivity contribution is -0.120. The third kappa shape index (κ3) is 4.09. The molecule has 0 aliphatic rings. The third-order valence-electron chi connectivity index (χ3n) is 2.88. The van der Waals surface area contributed by atoms with Crippen molar-refractivity contribution < 1.29 is 4.79 Å². The van der Waals surface area contributed by atoms with E-state index in [2.05, 4.69) is 27.8 Å². The standard InChI is InChI=1S/C14H15N3OS3/c18-13(8-11-9-17-4-7-21-14(17)16-11)15-3-6-19-10-12-2-1-5-20-12/h1-2,4-5,7,9H,3,6,8,10H2,(H,15,18). The number of fused-ring (bicyclic) bond motifs is 1. The maximum Gasteiger partial charge on any atom is 0.226 e. The predicted octanol–water partition coefficient (Wildman–Crippen LogP) is 3.05. The van der Waals surface area contributed by atoms with Crippen LogP contribution in [-0.4, -0.2) is 27.6 Å². The van der Waals surface area contributed by atoms with Gasteiger partial charge in [0.25, 0.3) is 0 Å². The molecule has 0 radical (unpaired) electrons. The fourth-order valence-electron chi connectivity index (χ4n) is 1.92. The highest BCUT2D eigenvalue weighted by molar-refractivity contribution is 7.98. The molecule has 0 aromatic carbocycles. The van der Waals surface area contributed by atoms with Gasteiger partial charge in [0.05, 0.1) is 12.1 Å². The first-order valence-electron chi connectivity index (χ1n) is 6.59. The molecule has 21 heavy (non-hydrogen) atoms. The van der Waals surface area contributed by atoms with E-state index >= 15 is 0 Å². The summed E-state index contributed by atoms with van der Waals surface area (Å²) in [6.07, 6.45) is 4.22. The lowest BCUT2D eigenvalue weighted by Gasteiger charge is -2.03. The molecule has 110 valence electrons. The highest BCUT2D eigenvalue weighted by Gasteiger charge is 2.07. The normalized spacial score (nSPS) is 11.0. The summed E-state index contributed by atoms with van der Waals surface area (Å²) < 4.78 is 1.95. The van der Waals surface area contributed by atoms with Crippen LogP contribution < -0.4 is 5.32 Å². The minimum atomic E-state index is 0.0393. The monoisotopic (exact) mass is 337 g/mol. The van der Waals surface area contributed by atoms with E-state index in [4.69, 9.17) is 0 Å². The zero-order valence-electron chi connectivity index (χ0n) is 11.3. The van der Waals surface area contributed by atoms with Crippen LogP contribution >= 0.6 is 34.4 Å². The SMILES string of the molecule is O=C(Cc1cn2ccsc2n1)NCCSCc1cccs1. The van der Waals surface area contributed by atoms with E-state index in [1.807, 2.05) is 33.9 Å². The van der Waals surface area contributed by atoms with Gasteiger partial charge in [0.15, 0.2) is 4.96 Å². The Kier molecular flexibility index (Phi) is 4.95. The Morgan fingerprint density at radius 2 is 2.33 bits per heavy atom. The van der Waals surface area contributed by atoms with Gasteiger partial charge < -0.3 is 5.32 Å². The van der Waals surface area contributed by atoms with Crippen molar-refractivity contribution >= 4 is 45.3 Å². The van der Waals surface area contributed by atoms with Gasteiger partial charge in [-0.25, -0.2) is 4.98 Å². The van der Waals surface area contributed by atoms with E-state index in [0.717, 1.165) is 22.2 Å². The fourth-order valence-corrected chi connectivity index (χ4v) is 4.34. The molecular formula is C14H15N3OS3. The smallest absolute Gasteiger partial charge is 0.226 e. The molecule has 0 saturated carbocycles. The maximum absolute atomic E-state index is 11.8. The van der Waals surface area contributed by atoms with Gasteiger partial charge in [-0.3, -0.25) is 9.20 Å². The van der Waals surface area contributed by atoms with Crippen LogP contribution in [0.5, 0.6) is 0 Å². The number of thiazole rings is 1. The quantitative estimate of drug-likeness (QED) is 0.674. The summed E-state index contributed by atoms with van der Waals surface area (Å²) in [4.78, 5) is 18.6. The Bertz CT molecular complexity index is 674. The van der Waals surface area contributed by atoms with Gasteiger partial charge in [0.1, 0.15) is 0 Å². The number of amides is 1. The molecule has 1 amide bonds. The number of hydrogen-bond donors (Lipinski definition) is 1. The molecule has 0 atom stereocenters. The summed E-state index contributed by atoms with van der Waals surface area (Å²) in [5, 5.41) is 7.02. The minimum Gasteiger partial charge on any atom is -0.355 e. The molecule has 0 unspecified atom stereocenters. The van der Waals surface area contributed by atoms with Gasteiger partial charge in [0, 0.05) is 40.7 Å². The Labute approximate surface area is 135 Å². The van der Waals surface area contributed by atoms with Crippen LogP contribution in [-0.2, 0) is 17.0 Å². The number of hydrogen-bond acceptors (Lipinski definition) is 5. The van der Waals surface area contributed by atoms with Crippen LogP contribution in [0.25, 0.3) is 4.96 Å². The van der Waals surface area contributed by atoms with Gasteiger partial charge >= 0.3 is 0 Å². The lowest BCUT2D eigenvalue weighted by Crippen LogP contribution is -2.27. The largest absolute Gasteiger partial charge is 0.355 e. The van der Waals surface area contributed by atoms with Gasteiger partial charge in [-0.05, 0) is 11.4 Å². The van der Waals surface area contributed by atoms with Crippen LogP contribution in [0.15, 0.2) is 35.3 Å². The second kappa shape index (κ2) is 7.11. The summed E-state index contributed by atoms with van der Waals surface area (Å²) in [5.74, 6) is 1.99. The number of rotatable bonds is 7. The molecule has 3 heterocycles. The number of imidazole rings is 1. The van der Waals surface area contributed by atoms with Crippen molar-refractivity contribution in [1.29, 1.82) is 0 Å². The first-order chi connectivity index (χ1) is 10.3. The topological polar surface area (TPSA) is 46.4 Å². The lowest BCUT2D eigenvalue weighted by atomic mass is 10.3. The van der Waals surface area contributed by atoms with Crippen molar-refractivity contribution in [3.63, 3.8) is 0 Å². The number of carbonyl (C=O) groups is 1. The number of nitrogens with zero attached hydrogens (tertiary/aromatic N) is 2. The molecule has 0 bridgehead atoms. The van der Waals surface area contributed by atoms with E-state index in [9.17, 15) is 4.79 Å². The molecule has 1 N–H and O–H groups in total. The van der Waals surface area contributed by atoms with E-state index < -0.39 is 0 Å². The molecule has 0 spiro atoms. The van der Waals surface area contributed by atoms with E-state index in [-0.39, 0.29) is 5.91 Å². The second-order valence-electron chi connectivity index (χ2n) is 4.48. The van der Waals surface area contributed by atoms with Gasteiger partial charge in [0.2, 0.25) is 5.91 Å².